The van der Waals surface area contributed by atoms with E-state index in [4.69, 9.17) is 4.98 Å². The largest absolute Gasteiger partial charge is 0.269 e. The van der Waals surface area contributed by atoms with Crippen LogP contribution >= 0.6 is 23.1 Å². The minimum Gasteiger partial charge on any atom is -0.268 e. The van der Waals surface area contributed by atoms with Crippen LogP contribution in [0.2, 0.25) is 0 Å². The molecular weight excluding hydrogens is 430 g/mol. The van der Waals surface area contributed by atoms with Crippen molar-refractivity contribution < 1.29 is 4.92 Å². The number of thioether (sulfide) groups is 1. The van der Waals surface area contributed by atoms with Gasteiger partial charge in [0.05, 0.1) is 16.0 Å². The predicted molar refractivity (Wildman–Crippen MR) is 125 cm³/mol. The Kier molecular flexibility index (Phi) is 5.33. The Bertz CT molecular complexity index is 1330. The Balaban J connectivity index is 1.59. The average molecular weight is 450 g/mol. The molecule has 156 valence electrons. The van der Waals surface area contributed by atoms with Gasteiger partial charge in [0.15, 0.2) is 5.16 Å². The molecule has 31 heavy (non-hydrogen) atoms. The van der Waals surface area contributed by atoms with Crippen LogP contribution in [0.4, 0.5) is 5.69 Å². The number of nitro groups is 1. The lowest BCUT2D eigenvalue weighted by Gasteiger charge is -2.13. The van der Waals surface area contributed by atoms with Gasteiger partial charge in [-0.05, 0) is 48.9 Å². The number of para-hydroxylation sites is 1. The zero-order valence-corrected chi connectivity index (χ0v) is 18.2. The second-order valence-corrected chi connectivity index (χ2v) is 9.50. The molecule has 0 atom stereocenters. The lowest BCUT2D eigenvalue weighted by Crippen LogP contribution is -2.22. The monoisotopic (exact) mass is 449 g/mol. The fraction of sp³-hybridized carbons (Fsp3) is 0.217. The first-order valence-electron chi connectivity index (χ1n) is 10.1. The van der Waals surface area contributed by atoms with Gasteiger partial charge in [-0.3, -0.25) is 19.5 Å². The number of non-ortho nitro benzene ring substituents is 1. The molecule has 0 N–H and O–H groups in total. The van der Waals surface area contributed by atoms with Gasteiger partial charge in [0, 0.05) is 22.8 Å². The van der Waals surface area contributed by atoms with Crippen LogP contribution in [0.25, 0.3) is 15.9 Å². The summed E-state index contributed by atoms with van der Waals surface area (Å²) in [6, 6.07) is 16.1. The highest BCUT2D eigenvalue weighted by Gasteiger charge is 2.23. The smallest absolute Gasteiger partial charge is 0.268 e. The van der Waals surface area contributed by atoms with Gasteiger partial charge in [0.2, 0.25) is 0 Å². The summed E-state index contributed by atoms with van der Waals surface area (Å²) in [4.78, 5) is 31.2. The van der Waals surface area contributed by atoms with Gasteiger partial charge in [0.1, 0.15) is 4.83 Å². The van der Waals surface area contributed by atoms with Crippen LogP contribution in [-0.4, -0.2) is 14.5 Å². The molecule has 1 aliphatic rings. The zero-order valence-electron chi connectivity index (χ0n) is 16.6. The Morgan fingerprint density at radius 1 is 1.06 bits per heavy atom. The molecule has 1 aliphatic carbocycles. The maximum absolute atomic E-state index is 13.7. The lowest BCUT2D eigenvalue weighted by molar-refractivity contribution is -0.384. The minimum absolute atomic E-state index is 0.0122. The van der Waals surface area contributed by atoms with E-state index < -0.39 is 4.92 Å². The number of benzene rings is 2. The SMILES string of the molecule is O=c1c2c3c(sc2nc(SCc2ccc([N+](=O)[O-])cc2)n1-c1ccccc1)CCCC3. The number of hydrogen-bond acceptors (Lipinski definition) is 6. The van der Waals surface area contributed by atoms with E-state index in [1.807, 2.05) is 30.3 Å². The van der Waals surface area contributed by atoms with Crippen LogP contribution in [0.5, 0.6) is 0 Å². The highest BCUT2D eigenvalue weighted by molar-refractivity contribution is 7.98. The van der Waals surface area contributed by atoms with E-state index >= 15 is 0 Å². The molecule has 0 saturated heterocycles. The van der Waals surface area contributed by atoms with E-state index in [1.165, 1.54) is 34.3 Å². The van der Waals surface area contributed by atoms with Crippen molar-refractivity contribution in [3.05, 3.63) is 91.1 Å². The number of aryl methyl sites for hydroxylation is 2. The highest BCUT2D eigenvalue weighted by Crippen LogP contribution is 2.35. The third-order valence-corrected chi connectivity index (χ3v) is 7.68. The van der Waals surface area contributed by atoms with Crippen molar-refractivity contribution in [3.8, 4) is 5.69 Å². The van der Waals surface area contributed by atoms with Crippen LogP contribution in [0, 0.1) is 10.1 Å². The molecule has 0 aliphatic heterocycles. The normalized spacial score (nSPS) is 13.3. The summed E-state index contributed by atoms with van der Waals surface area (Å²) >= 11 is 3.12. The summed E-state index contributed by atoms with van der Waals surface area (Å²) in [5, 5.41) is 12.3. The van der Waals surface area contributed by atoms with Gasteiger partial charge in [-0.2, -0.15) is 0 Å². The van der Waals surface area contributed by atoms with Gasteiger partial charge >= 0.3 is 0 Å². The number of thiophene rings is 1. The van der Waals surface area contributed by atoms with Gasteiger partial charge in [-0.1, -0.05) is 42.1 Å². The van der Waals surface area contributed by atoms with Crippen molar-refractivity contribution in [2.75, 3.05) is 0 Å². The van der Waals surface area contributed by atoms with E-state index in [1.54, 1.807) is 28.0 Å². The molecule has 2 aromatic carbocycles. The molecule has 0 radical (unpaired) electrons. The number of rotatable bonds is 5. The van der Waals surface area contributed by atoms with Crippen molar-refractivity contribution in [1.29, 1.82) is 0 Å². The first kappa shape index (κ1) is 20.0. The molecule has 0 spiro atoms. The highest BCUT2D eigenvalue weighted by atomic mass is 32.2. The minimum atomic E-state index is -0.405. The van der Waals surface area contributed by atoms with Crippen LogP contribution in [0.3, 0.4) is 0 Å². The van der Waals surface area contributed by atoms with E-state index in [0.29, 0.717) is 10.9 Å². The molecule has 8 heteroatoms. The van der Waals surface area contributed by atoms with Gasteiger partial charge in [0.25, 0.3) is 11.2 Å². The molecule has 6 nitrogen and oxygen atoms in total. The van der Waals surface area contributed by atoms with E-state index in [-0.39, 0.29) is 11.2 Å². The number of hydrogen-bond donors (Lipinski definition) is 0. The first-order valence-corrected chi connectivity index (χ1v) is 11.9. The molecular formula is C23H19N3O3S2. The van der Waals surface area contributed by atoms with E-state index in [0.717, 1.165) is 47.2 Å². The van der Waals surface area contributed by atoms with E-state index in [2.05, 4.69) is 0 Å². The number of nitro benzene ring substituents is 1. The fourth-order valence-corrected chi connectivity index (χ4v) is 6.22. The van der Waals surface area contributed by atoms with Crippen molar-refractivity contribution >= 4 is 39.0 Å². The Labute approximate surface area is 186 Å². The third-order valence-electron chi connectivity index (χ3n) is 5.49. The van der Waals surface area contributed by atoms with Crippen molar-refractivity contribution in [3.63, 3.8) is 0 Å². The number of aromatic nitrogens is 2. The van der Waals surface area contributed by atoms with Crippen molar-refractivity contribution in [2.45, 2.75) is 36.6 Å². The summed E-state index contributed by atoms with van der Waals surface area (Å²) in [6.07, 6.45) is 4.23. The lowest BCUT2D eigenvalue weighted by atomic mass is 9.97. The van der Waals surface area contributed by atoms with Gasteiger partial charge in [-0.15, -0.1) is 11.3 Å². The van der Waals surface area contributed by atoms with Crippen LogP contribution in [0.15, 0.2) is 64.5 Å². The molecule has 0 unspecified atom stereocenters. The maximum atomic E-state index is 13.7. The molecule has 5 rings (SSSR count). The van der Waals surface area contributed by atoms with Gasteiger partial charge in [-0.25, -0.2) is 4.98 Å². The molecule has 4 aromatic rings. The molecule has 0 fully saturated rings. The summed E-state index contributed by atoms with van der Waals surface area (Å²) in [5.41, 5.74) is 2.97. The maximum Gasteiger partial charge on any atom is 0.269 e. The molecule has 2 heterocycles. The zero-order chi connectivity index (χ0) is 21.4. The van der Waals surface area contributed by atoms with Crippen LogP contribution in [-0.2, 0) is 18.6 Å². The standard InChI is InChI=1S/C23H19N3O3S2/c27-22-20-18-8-4-5-9-19(18)31-21(20)24-23(25(22)16-6-2-1-3-7-16)30-14-15-10-12-17(13-11-15)26(28)29/h1-3,6-7,10-13H,4-5,8-9,14H2. The second kappa shape index (κ2) is 8.28. The first-order chi connectivity index (χ1) is 15.1. The number of fused-ring (bicyclic) bond motifs is 3. The van der Waals surface area contributed by atoms with Crippen LogP contribution < -0.4 is 5.56 Å². The van der Waals surface area contributed by atoms with Crippen molar-refractivity contribution in [1.82, 2.24) is 9.55 Å². The van der Waals surface area contributed by atoms with Crippen molar-refractivity contribution in [2.24, 2.45) is 0 Å². The Morgan fingerprint density at radius 2 is 1.81 bits per heavy atom. The molecule has 0 saturated carbocycles. The predicted octanol–water partition coefficient (Wildman–Crippen LogP) is 5.53. The summed E-state index contributed by atoms with van der Waals surface area (Å²) < 4.78 is 1.71. The summed E-state index contributed by atoms with van der Waals surface area (Å²) in [5.74, 6) is 0.563. The topological polar surface area (TPSA) is 78.0 Å². The Morgan fingerprint density at radius 3 is 2.55 bits per heavy atom. The molecule has 0 bridgehead atoms. The fourth-order valence-electron chi connectivity index (χ4n) is 3.95. The summed E-state index contributed by atoms with van der Waals surface area (Å²) in [6.45, 7) is 0. The second-order valence-electron chi connectivity index (χ2n) is 7.47. The number of nitrogens with zero attached hydrogens (tertiary/aromatic N) is 3. The third kappa shape index (κ3) is 3.77. The van der Waals surface area contributed by atoms with E-state index in [9.17, 15) is 14.9 Å². The molecule has 0 amide bonds. The Hall–Kier alpha value is -2.97. The molecule has 2 aromatic heterocycles. The van der Waals surface area contributed by atoms with Gasteiger partial charge < -0.3 is 0 Å². The van der Waals surface area contributed by atoms with Crippen LogP contribution in [0.1, 0.15) is 28.8 Å². The quantitative estimate of drug-likeness (QED) is 0.173. The average Bonchev–Trinajstić information content (AvgIpc) is 3.17. The summed E-state index contributed by atoms with van der Waals surface area (Å²) in [7, 11) is 0.